The van der Waals surface area contributed by atoms with Crippen LogP contribution >= 0.6 is 0 Å². The Morgan fingerprint density at radius 1 is 1.61 bits per heavy atom. The van der Waals surface area contributed by atoms with Gasteiger partial charge < -0.3 is 9.67 Å². The maximum absolute atomic E-state index is 10.6. The second-order valence-corrected chi connectivity index (χ2v) is 5.17. The Labute approximate surface area is 107 Å². The molecule has 0 aromatic carbocycles. The quantitative estimate of drug-likeness (QED) is 0.861. The van der Waals surface area contributed by atoms with E-state index >= 15 is 0 Å². The first-order valence-electron chi connectivity index (χ1n) is 6.54. The number of hydrogen-bond donors (Lipinski definition) is 1. The SMILES string of the molecule is Cn1cncc1CN1CCC[C@@H](CCC(=O)O)C1. The lowest BCUT2D eigenvalue weighted by molar-refractivity contribution is -0.137. The summed E-state index contributed by atoms with van der Waals surface area (Å²) in [6, 6.07) is 0. The predicted molar refractivity (Wildman–Crippen MR) is 68.1 cm³/mol. The number of piperidine rings is 1. The second kappa shape index (κ2) is 6.00. The van der Waals surface area contributed by atoms with E-state index in [1.165, 1.54) is 12.1 Å². The van der Waals surface area contributed by atoms with Gasteiger partial charge in [0.05, 0.1) is 12.0 Å². The molecule has 5 heteroatoms. The molecule has 1 atom stereocenters. The molecule has 100 valence electrons. The monoisotopic (exact) mass is 251 g/mol. The average molecular weight is 251 g/mol. The molecule has 0 bridgehead atoms. The lowest BCUT2D eigenvalue weighted by Gasteiger charge is -2.32. The topological polar surface area (TPSA) is 58.4 Å². The number of carbonyl (C=O) groups is 1. The van der Waals surface area contributed by atoms with Crippen LogP contribution in [0.3, 0.4) is 0 Å². The molecule has 0 spiro atoms. The lowest BCUT2D eigenvalue weighted by atomic mass is 9.93. The van der Waals surface area contributed by atoms with Gasteiger partial charge in [0.15, 0.2) is 0 Å². The summed E-state index contributed by atoms with van der Waals surface area (Å²) < 4.78 is 2.04. The Morgan fingerprint density at radius 2 is 2.44 bits per heavy atom. The molecule has 1 aliphatic rings. The Kier molecular flexibility index (Phi) is 4.36. The Bertz CT molecular complexity index is 403. The van der Waals surface area contributed by atoms with Crippen molar-refractivity contribution >= 4 is 5.97 Å². The highest BCUT2D eigenvalue weighted by molar-refractivity contribution is 5.66. The molecule has 1 aromatic heterocycles. The highest BCUT2D eigenvalue weighted by atomic mass is 16.4. The van der Waals surface area contributed by atoms with Crippen molar-refractivity contribution in [3.63, 3.8) is 0 Å². The van der Waals surface area contributed by atoms with Crippen LogP contribution in [0.2, 0.25) is 0 Å². The summed E-state index contributed by atoms with van der Waals surface area (Å²) in [6.45, 7) is 3.04. The van der Waals surface area contributed by atoms with Gasteiger partial charge in [-0.2, -0.15) is 0 Å². The van der Waals surface area contributed by atoms with Crippen LogP contribution < -0.4 is 0 Å². The fourth-order valence-electron chi connectivity index (χ4n) is 2.62. The van der Waals surface area contributed by atoms with E-state index in [9.17, 15) is 4.79 Å². The zero-order chi connectivity index (χ0) is 13.0. The van der Waals surface area contributed by atoms with Crippen LogP contribution in [0.5, 0.6) is 0 Å². The maximum Gasteiger partial charge on any atom is 0.303 e. The molecule has 5 nitrogen and oxygen atoms in total. The van der Waals surface area contributed by atoms with Crippen molar-refractivity contribution in [1.82, 2.24) is 14.5 Å². The van der Waals surface area contributed by atoms with Gasteiger partial charge in [-0.05, 0) is 31.7 Å². The van der Waals surface area contributed by atoms with Gasteiger partial charge in [-0.1, -0.05) is 0 Å². The Balaban J connectivity index is 1.83. The van der Waals surface area contributed by atoms with Gasteiger partial charge in [0, 0.05) is 32.8 Å². The summed E-state index contributed by atoms with van der Waals surface area (Å²) >= 11 is 0. The van der Waals surface area contributed by atoms with E-state index in [1.807, 2.05) is 24.1 Å². The van der Waals surface area contributed by atoms with Crippen LogP contribution in [0.15, 0.2) is 12.5 Å². The normalized spacial score (nSPS) is 21.1. The predicted octanol–water partition coefficient (Wildman–Crippen LogP) is 1.50. The zero-order valence-electron chi connectivity index (χ0n) is 10.9. The molecule has 1 aromatic rings. The molecule has 0 aliphatic carbocycles. The fourth-order valence-corrected chi connectivity index (χ4v) is 2.62. The van der Waals surface area contributed by atoms with E-state index in [1.54, 1.807) is 0 Å². The first-order valence-corrected chi connectivity index (χ1v) is 6.54. The summed E-state index contributed by atoms with van der Waals surface area (Å²) in [6.07, 6.45) is 7.15. The Hall–Kier alpha value is -1.36. The van der Waals surface area contributed by atoms with Gasteiger partial charge >= 0.3 is 5.97 Å². The Morgan fingerprint density at radius 3 is 3.11 bits per heavy atom. The molecule has 0 saturated carbocycles. The number of imidazole rings is 1. The van der Waals surface area contributed by atoms with Crippen molar-refractivity contribution in [2.75, 3.05) is 13.1 Å². The molecule has 1 fully saturated rings. The second-order valence-electron chi connectivity index (χ2n) is 5.17. The third kappa shape index (κ3) is 3.57. The van der Waals surface area contributed by atoms with E-state index < -0.39 is 5.97 Å². The van der Waals surface area contributed by atoms with Gasteiger partial charge in [-0.3, -0.25) is 9.69 Å². The maximum atomic E-state index is 10.6. The highest BCUT2D eigenvalue weighted by Gasteiger charge is 2.21. The first-order chi connectivity index (χ1) is 8.65. The molecule has 0 unspecified atom stereocenters. The lowest BCUT2D eigenvalue weighted by Crippen LogP contribution is -2.35. The summed E-state index contributed by atoms with van der Waals surface area (Å²) in [4.78, 5) is 17.1. The van der Waals surface area contributed by atoms with Crippen molar-refractivity contribution in [2.45, 2.75) is 32.2 Å². The minimum atomic E-state index is -0.682. The van der Waals surface area contributed by atoms with Crippen LogP contribution in [0.1, 0.15) is 31.4 Å². The van der Waals surface area contributed by atoms with Crippen LogP contribution in [-0.2, 0) is 18.4 Å². The number of aliphatic carboxylic acids is 1. The molecule has 0 amide bonds. The number of carboxylic acid groups (broad SMARTS) is 1. The number of hydrogen-bond acceptors (Lipinski definition) is 3. The van der Waals surface area contributed by atoms with Crippen LogP contribution in [-0.4, -0.2) is 38.6 Å². The number of rotatable bonds is 5. The third-order valence-corrected chi connectivity index (χ3v) is 3.67. The van der Waals surface area contributed by atoms with Crippen LogP contribution in [0.25, 0.3) is 0 Å². The van der Waals surface area contributed by atoms with E-state index in [2.05, 4.69) is 9.88 Å². The van der Waals surface area contributed by atoms with Crippen LogP contribution in [0, 0.1) is 5.92 Å². The van der Waals surface area contributed by atoms with Gasteiger partial charge in [0.25, 0.3) is 0 Å². The van der Waals surface area contributed by atoms with Gasteiger partial charge in [0.2, 0.25) is 0 Å². The molecule has 18 heavy (non-hydrogen) atoms. The standard InChI is InChI=1S/C13H21N3O2/c1-15-10-14-7-12(15)9-16-6-2-3-11(8-16)4-5-13(17)18/h7,10-11H,2-6,8-9H2,1H3,(H,17,18)/t11-/m0/s1. The number of aryl methyl sites for hydroxylation is 1. The molecule has 2 heterocycles. The molecular weight excluding hydrogens is 230 g/mol. The van der Waals surface area contributed by atoms with Crippen molar-refractivity contribution in [1.29, 1.82) is 0 Å². The van der Waals surface area contributed by atoms with E-state index in [0.29, 0.717) is 12.3 Å². The molecule has 1 N–H and O–H groups in total. The van der Waals surface area contributed by atoms with Crippen LogP contribution in [0.4, 0.5) is 0 Å². The molecule has 2 rings (SSSR count). The number of likely N-dealkylation sites (tertiary alicyclic amines) is 1. The van der Waals surface area contributed by atoms with Gasteiger partial charge in [-0.25, -0.2) is 4.98 Å². The van der Waals surface area contributed by atoms with Crippen molar-refractivity contribution in [2.24, 2.45) is 13.0 Å². The fraction of sp³-hybridized carbons (Fsp3) is 0.692. The van der Waals surface area contributed by atoms with E-state index in [-0.39, 0.29) is 0 Å². The molecule has 0 radical (unpaired) electrons. The number of aromatic nitrogens is 2. The van der Waals surface area contributed by atoms with Crippen molar-refractivity contribution in [3.8, 4) is 0 Å². The molecule has 1 saturated heterocycles. The molecular formula is C13H21N3O2. The minimum Gasteiger partial charge on any atom is -0.481 e. The van der Waals surface area contributed by atoms with E-state index in [4.69, 9.17) is 5.11 Å². The third-order valence-electron chi connectivity index (χ3n) is 3.67. The highest BCUT2D eigenvalue weighted by Crippen LogP contribution is 2.22. The summed E-state index contributed by atoms with van der Waals surface area (Å²) in [7, 11) is 2.01. The number of carboxylic acids is 1. The summed E-state index contributed by atoms with van der Waals surface area (Å²) in [5.41, 5.74) is 1.22. The first kappa shape index (κ1) is 13.1. The average Bonchev–Trinajstić information content (AvgIpc) is 2.73. The van der Waals surface area contributed by atoms with Crippen molar-refractivity contribution in [3.05, 3.63) is 18.2 Å². The van der Waals surface area contributed by atoms with Crippen molar-refractivity contribution < 1.29 is 9.90 Å². The largest absolute Gasteiger partial charge is 0.481 e. The zero-order valence-corrected chi connectivity index (χ0v) is 10.9. The van der Waals surface area contributed by atoms with E-state index in [0.717, 1.165) is 32.5 Å². The summed E-state index contributed by atoms with van der Waals surface area (Å²) in [5, 5.41) is 8.73. The number of nitrogens with zero attached hydrogens (tertiary/aromatic N) is 3. The molecule has 1 aliphatic heterocycles. The summed E-state index contributed by atoms with van der Waals surface area (Å²) in [5.74, 6) is -0.151. The van der Waals surface area contributed by atoms with Gasteiger partial charge in [-0.15, -0.1) is 0 Å². The minimum absolute atomic E-state index is 0.296. The smallest absolute Gasteiger partial charge is 0.303 e. The van der Waals surface area contributed by atoms with Gasteiger partial charge in [0.1, 0.15) is 0 Å².